The SMILES string of the molecule is Cc1nc(C(=O)N[C@H]2CCCNC2)nn1-c1c(Cl)cccc1Cl. The summed E-state index contributed by atoms with van der Waals surface area (Å²) < 4.78 is 1.50. The zero-order valence-corrected chi connectivity index (χ0v) is 14.2. The van der Waals surface area contributed by atoms with Gasteiger partial charge in [0.05, 0.1) is 10.0 Å². The van der Waals surface area contributed by atoms with Crippen LogP contribution in [0.3, 0.4) is 0 Å². The van der Waals surface area contributed by atoms with E-state index < -0.39 is 0 Å². The fourth-order valence-corrected chi connectivity index (χ4v) is 3.17. The van der Waals surface area contributed by atoms with E-state index in [4.69, 9.17) is 23.2 Å². The van der Waals surface area contributed by atoms with Gasteiger partial charge in [0.15, 0.2) is 0 Å². The summed E-state index contributed by atoms with van der Waals surface area (Å²) in [5, 5.41) is 11.4. The Balaban J connectivity index is 1.84. The first-order valence-corrected chi connectivity index (χ1v) is 8.21. The van der Waals surface area contributed by atoms with Gasteiger partial charge in [0.2, 0.25) is 5.82 Å². The predicted octanol–water partition coefficient (Wildman–Crippen LogP) is 2.36. The molecule has 0 saturated carbocycles. The summed E-state index contributed by atoms with van der Waals surface area (Å²) >= 11 is 12.4. The van der Waals surface area contributed by atoms with Gasteiger partial charge < -0.3 is 10.6 Å². The molecule has 6 nitrogen and oxygen atoms in total. The largest absolute Gasteiger partial charge is 0.345 e. The van der Waals surface area contributed by atoms with Crippen molar-refractivity contribution in [3.63, 3.8) is 0 Å². The van der Waals surface area contributed by atoms with Crippen LogP contribution in [0, 0.1) is 6.92 Å². The van der Waals surface area contributed by atoms with Crippen molar-refractivity contribution >= 4 is 29.1 Å². The van der Waals surface area contributed by atoms with Crippen molar-refractivity contribution in [2.75, 3.05) is 13.1 Å². The predicted molar refractivity (Wildman–Crippen MR) is 89.5 cm³/mol. The van der Waals surface area contributed by atoms with Crippen molar-refractivity contribution in [1.82, 2.24) is 25.4 Å². The van der Waals surface area contributed by atoms with E-state index in [0.29, 0.717) is 21.6 Å². The van der Waals surface area contributed by atoms with Gasteiger partial charge in [0.25, 0.3) is 5.91 Å². The summed E-state index contributed by atoms with van der Waals surface area (Å²) in [5.74, 6) is 0.375. The third-order valence-electron chi connectivity index (χ3n) is 3.75. The highest BCUT2D eigenvalue weighted by Gasteiger charge is 2.21. The number of aryl methyl sites for hydroxylation is 1. The second-order valence-corrected chi connectivity index (χ2v) is 6.30. The van der Waals surface area contributed by atoms with Gasteiger partial charge in [-0.15, -0.1) is 5.10 Å². The Morgan fingerprint density at radius 1 is 1.39 bits per heavy atom. The molecule has 0 bridgehead atoms. The molecule has 3 rings (SSSR count). The molecule has 2 N–H and O–H groups in total. The third-order valence-corrected chi connectivity index (χ3v) is 4.36. The first-order chi connectivity index (χ1) is 11.1. The number of aromatic nitrogens is 3. The number of piperidine rings is 1. The molecule has 1 saturated heterocycles. The van der Waals surface area contributed by atoms with Crippen LogP contribution >= 0.6 is 23.2 Å². The first-order valence-electron chi connectivity index (χ1n) is 7.46. The Kier molecular flexibility index (Phi) is 4.84. The van der Waals surface area contributed by atoms with Gasteiger partial charge in [-0.25, -0.2) is 9.67 Å². The average molecular weight is 354 g/mol. The Hall–Kier alpha value is -1.63. The number of rotatable bonds is 3. The third kappa shape index (κ3) is 3.49. The molecule has 23 heavy (non-hydrogen) atoms. The Bertz CT molecular complexity index is 704. The van der Waals surface area contributed by atoms with Crippen LogP contribution < -0.4 is 10.6 Å². The van der Waals surface area contributed by atoms with Gasteiger partial charge in [-0.05, 0) is 38.4 Å². The van der Waals surface area contributed by atoms with E-state index in [0.717, 1.165) is 25.9 Å². The van der Waals surface area contributed by atoms with E-state index in [1.165, 1.54) is 4.68 Å². The quantitative estimate of drug-likeness (QED) is 0.888. The minimum Gasteiger partial charge on any atom is -0.345 e. The highest BCUT2D eigenvalue weighted by Crippen LogP contribution is 2.28. The lowest BCUT2D eigenvalue weighted by atomic mass is 10.1. The van der Waals surface area contributed by atoms with Crippen LogP contribution in [0.2, 0.25) is 10.0 Å². The van der Waals surface area contributed by atoms with Crippen molar-refractivity contribution in [3.8, 4) is 5.69 Å². The monoisotopic (exact) mass is 353 g/mol. The van der Waals surface area contributed by atoms with E-state index in [2.05, 4.69) is 20.7 Å². The van der Waals surface area contributed by atoms with Crippen LogP contribution in [-0.4, -0.2) is 39.8 Å². The summed E-state index contributed by atoms with van der Waals surface area (Å²) in [6.07, 6.45) is 2.00. The number of amides is 1. The Morgan fingerprint density at radius 2 is 2.13 bits per heavy atom. The van der Waals surface area contributed by atoms with E-state index in [1.807, 2.05) is 0 Å². The Labute approximate surface area is 144 Å². The van der Waals surface area contributed by atoms with Crippen LogP contribution in [-0.2, 0) is 0 Å². The first kappa shape index (κ1) is 16.2. The maximum Gasteiger partial charge on any atom is 0.291 e. The van der Waals surface area contributed by atoms with E-state index in [-0.39, 0.29) is 17.8 Å². The number of nitrogens with zero attached hydrogens (tertiary/aromatic N) is 3. The number of nitrogens with one attached hydrogen (secondary N) is 2. The molecule has 1 amide bonds. The van der Waals surface area contributed by atoms with Crippen LogP contribution in [0.15, 0.2) is 18.2 Å². The van der Waals surface area contributed by atoms with Gasteiger partial charge in [-0.2, -0.15) is 0 Å². The molecule has 122 valence electrons. The molecule has 1 aliphatic rings. The van der Waals surface area contributed by atoms with Crippen LogP contribution in [0.4, 0.5) is 0 Å². The smallest absolute Gasteiger partial charge is 0.291 e. The minimum atomic E-state index is -0.288. The van der Waals surface area contributed by atoms with E-state index >= 15 is 0 Å². The van der Waals surface area contributed by atoms with Gasteiger partial charge in [-0.3, -0.25) is 4.79 Å². The van der Waals surface area contributed by atoms with Gasteiger partial charge in [0, 0.05) is 12.6 Å². The second-order valence-electron chi connectivity index (χ2n) is 5.48. The highest BCUT2D eigenvalue weighted by molar-refractivity contribution is 6.37. The fourth-order valence-electron chi connectivity index (χ4n) is 2.61. The van der Waals surface area contributed by atoms with E-state index in [1.54, 1.807) is 25.1 Å². The minimum absolute atomic E-state index is 0.104. The standard InChI is InChI=1S/C15H17Cl2N5O/c1-9-19-14(15(23)20-10-4-3-7-18-8-10)21-22(9)13-11(16)5-2-6-12(13)17/h2,5-6,10,18H,3-4,7-8H2,1H3,(H,20,23)/t10-/m0/s1. The number of carbonyl (C=O) groups is 1. The zero-order valence-electron chi connectivity index (χ0n) is 12.6. The molecule has 0 radical (unpaired) electrons. The topological polar surface area (TPSA) is 71.8 Å². The second kappa shape index (κ2) is 6.86. The number of carbonyl (C=O) groups excluding carboxylic acids is 1. The van der Waals surface area contributed by atoms with Crippen molar-refractivity contribution < 1.29 is 4.79 Å². The summed E-state index contributed by atoms with van der Waals surface area (Å²) in [5.41, 5.74) is 0.527. The molecule has 1 fully saturated rings. The number of para-hydroxylation sites is 1. The Morgan fingerprint density at radius 3 is 2.78 bits per heavy atom. The molecule has 0 spiro atoms. The number of hydrogen-bond acceptors (Lipinski definition) is 4. The van der Waals surface area contributed by atoms with Crippen LogP contribution in [0.5, 0.6) is 0 Å². The van der Waals surface area contributed by atoms with Crippen molar-refractivity contribution in [2.45, 2.75) is 25.8 Å². The van der Waals surface area contributed by atoms with Crippen molar-refractivity contribution in [2.24, 2.45) is 0 Å². The summed E-state index contributed by atoms with van der Waals surface area (Å²) in [7, 11) is 0. The molecule has 0 unspecified atom stereocenters. The van der Waals surface area contributed by atoms with Crippen molar-refractivity contribution in [3.05, 3.63) is 39.9 Å². The average Bonchev–Trinajstić information content (AvgIpc) is 2.90. The summed E-state index contributed by atoms with van der Waals surface area (Å²) in [6.45, 7) is 3.51. The van der Waals surface area contributed by atoms with Gasteiger partial charge in [0.1, 0.15) is 11.5 Å². The molecule has 1 atom stereocenters. The molecule has 8 heteroatoms. The lowest BCUT2D eigenvalue weighted by Gasteiger charge is -2.23. The number of benzene rings is 1. The van der Waals surface area contributed by atoms with Gasteiger partial charge in [-0.1, -0.05) is 29.3 Å². The number of hydrogen-bond donors (Lipinski definition) is 2. The van der Waals surface area contributed by atoms with Gasteiger partial charge >= 0.3 is 0 Å². The lowest BCUT2D eigenvalue weighted by Crippen LogP contribution is -2.45. The maximum absolute atomic E-state index is 12.3. The molecule has 2 heterocycles. The molecule has 0 aliphatic carbocycles. The molecule has 2 aromatic rings. The van der Waals surface area contributed by atoms with E-state index in [9.17, 15) is 4.79 Å². The lowest BCUT2D eigenvalue weighted by molar-refractivity contribution is 0.0920. The maximum atomic E-state index is 12.3. The van der Waals surface area contributed by atoms with Crippen LogP contribution in [0.25, 0.3) is 5.69 Å². The highest BCUT2D eigenvalue weighted by atomic mass is 35.5. The normalized spacial score (nSPS) is 18.0. The summed E-state index contributed by atoms with van der Waals surface area (Å²) in [4.78, 5) is 16.6. The molecule has 1 aliphatic heterocycles. The van der Waals surface area contributed by atoms with Crippen molar-refractivity contribution in [1.29, 1.82) is 0 Å². The fraction of sp³-hybridized carbons (Fsp3) is 0.400. The molecular formula is C15H17Cl2N5O. The molecule has 1 aromatic heterocycles. The molecule has 1 aromatic carbocycles. The summed E-state index contributed by atoms with van der Waals surface area (Å²) in [6, 6.07) is 5.30. The van der Waals surface area contributed by atoms with Crippen LogP contribution in [0.1, 0.15) is 29.3 Å². The zero-order chi connectivity index (χ0) is 16.4. The molecular weight excluding hydrogens is 337 g/mol. The number of halogens is 2.